The highest BCUT2D eigenvalue weighted by atomic mass is 35.5. The van der Waals surface area contributed by atoms with Crippen LogP contribution in [-0.4, -0.2) is 4.98 Å². The van der Waals surface area contributed by atoms with Crippen LogP contribution in [0.1, 0.15) is 36.9 Å². The summed E-state index contributed by atoms with van der Waals surface area (Å²) in [7, 11) is 0. The van der Waals surface area contributed by atoms with Gasteiger partial charge in [-0.05, 0) is 30.5 Å². The lowest BCUT2D eigenvalue weighted by Crippen LogP contribution is -2.11. The molecular weight excluding hydrogens is 256 g/mol. The van der Waals surface area contributed by atoms with Gasteiger partial charge < -0.3 is 5.32 Å². The molecule has 1 aromatic heterocycles. The Morgan fingerprint density at radius 3 is 2.68 bits per heavy atom. The topological polar surface area (TPSA) is 24.9 Å². The number of aryl methyl sites for hydroxylation is 1. The average molecular weight is 275 g/mol. The largest absolute Gasteiger partial charge is 0.376 e. The van der Waals surface area contributed by atoms with E-state index in [0.29, 0.717) is 5.15 Å². The smallest absolute Gasteiger partial charge is 0.152 e. The number of nitrogens with zero attached hydrogens (tertiary/aromatic N) is 1. The zero-order chi connectivity index (χ0) is 13.7. The van der Waals surface area contributed by atoms with Gasteiger partial charge in [0, 0.05) is 6.20 Å². The van der Waals surface area contributed by atoms with Crippen LogP contribution >= 0.6 is 11.6 Å². The lowest BCUT2D eigenvalue weighted by molar-refractivity contribution is 0.677. The quantitative estimate of drug-likeness (QED) is 0.777. The maximum absolute atomic E-state index is 6.15. The number of pyridine rings is 1. The van der Waals surface area contributed by atoms with Crippen LogP contribution in [0.15, 0.2) is 42.6 Å². The predicted molar refractivity (Wildman–Crippen MR) is 81.7 cm³/mol. The SMILES string of the molecule is CCCC(Nc1cc(C)cnc1Cl)c1ccccc1. The first kappa shape index (κ1) is 13.9. The Hall–Kier alpha value is -1.54. The summed E-state index contributed by atoms with van der Waals surface area (Å²) in [5.74, 6) is 0. The molecule has 1 heterocycles. The van der Waals surface area contributed by atoms with E-state index in [4.69, 9.17) is 11.6 Å². The minimum Gasteiger partial charge on any atom is -0.376 e. The molecule has 2 aromatic rings. The molecule has 3 heteroatoms. The second kappa shape index (κ2) is 6.58. The zero-order valence-corrected chi connectivity index (χ0v) is 12.1. The summed E-state index contributed by atoms with van der Waals surface area (Å²) in [4.78, 5) is 4.19. The summed E-state index contributed by atoms with van der Waals surface area (Å²) in [5.41, 5.74) is 3.29. The molecule has 0 amide bonds. The molecule has 0 aliphatic carbocycles. The van der Waals surface area contributed by atoms with Crippen molar-refractivity contribution in [2.24, 2.45) is 0 Å². The number of hydrogen-bond acceptors (Lipinski definition) is 2. The van der Waals surface area contributed by atoms with Gasteiger partial charge in [0.25, 0.3) is 0 Å². The Labute approximate surface area is 119 Å². The lowest BCUT2D eigenvalue weighted by atomic mass is 10.0. The third kappa shape index (κ3) is 3.71. The number of anilines is 1. The Bertz CT molecular complexity index is 526. The summed E-state index contributed by atoms with van der Waals surface area (Å²) in [5, 5.41) is 4.04. The van der Waals surface area contributed by atoms with Crippen molar-refractivity contribution in [2.45, 2.75) is 32.7 Å². The molecule has 1 aromatic carbocycles. The molecule has 0 saturated heterocycles. The summed E-state index contributed by atoms with van der Waals surface area (Å²) < 4.78 is 0. The average Bonchev–Trinajstić information content (AvgIpc) is 2.43. The molecule has 0 saturated carbocycles. The molecule has 0 radical (unpaired) electrons. The maximum Gasteiger partial charge on any atom is 0.152 e. The van der Waals surface area contributed by atoms with Crippen molar-refractivity contribution in [1.29, 1.82) is 0 Å². The van der Waals surface area contributed by atoms with Crippen LogP contribution in [0.2, 0.25) is 5.15 Å². The van der Waals surface area contributed by atoms with Crippen LogP contribution in [0.4, 0.5) is 5.69 Å². The van der Waals surface area contributed by atoms with Crippen molar-refractivity contribution in [3.8, 4) is 0 Å². The summed E-state index contributed by atoms with van der Waals surface area (Å²) in [6, 6.07) is 12.8. The van der Waals surface area contributed by atoms with Gasteiger partial charge in [0.1, 0.15) is 0 Å². The maximum atomic E-state index is 6.15. The van der Waals surface area contributed by atoms with E-state index in [1.54, 1.807) is 6.20 Å². The Morgan fingerprint density at radius 1 is 1.26 bits per heavy atom. The number of halogens is 1. The van der Waals surface area contributed by atoms with Crippen molar-refractivity contribution in [1.82, 2.24) is 4.98 Å². The number of benzene rings is 1. The first-order valence-electron chi connectivity index (χ1n) is 6.64. The van der Waals surface area contributed by atoms with E-state index >= 15 is 0 Å². The summed E-state index contributed by atoms with van der Waals surface area (Å²) in [6.07, 6.45) is 3.96. The monoisotopic (exact) mass is 274 g/mol. The molecular formula is C16H19ClN2. The third-order valence-corrected chi connectivity index (χ3v) is 3.39. The van der Waals surface area contributed by atoms with Crippen molar-refractivity contribution in [3.05, 3.63) is 58.9 Å². The fraction of sp³-hybridized carbons (Fsp3) is 0.312. The third-order valence-electron chi connectivity index (χ3n) is 3.08. The van der Waals surface area contributed by atoms with E-state index in [-0.39, 0.29) is 6.04 Å². The van der Waals surface area contributed by atoms with Crippen molar-refractivity contribution < 1.29 is 0 Å². The number of rotatable bonds is 5. The van der Waals surface area contributed by atoms with Gasteiger partial charge in [0.05, 0.1) is 11.7 Å². The van der Waals surface area contributed by atoms with Gasteiger partial charge in [-0.25, -0.2) is 4.98 Å². The first-order valence-corrected chi connectivity index (χ1v) is 7.02. The molecule has 0 aliphatic heterocycles. The van der Waals surface area contributed by atoms with Crippen LogP contribution in [0.3, 0.4) is 0 Å². The molecule has 19 heavy (non-hydrogen) atoms. The van der Waals surface area contributed by atoms with Crippen molar-refractivity contribution in [2.75, 3.05) is 5.32 Å². The summed E-state index contributed by atoms with van der Waals surface area (Å²) >= 11 is 6.15. The molecule has 0 spiro atoms. The second-order valence-corrected chi connectivity index (χ2v) is 5.11. The number of hydrogen-bond donors (Lipinski definition) is 1. The molecule has 0 aliphatic rings. The van der Waals surface area contributed by atoms with E-state index in [9.17, 15) is 0 Å². The number of aromatic nitrogens is 1. The Balaban J connectivity index is 2.24. The van der Waals surface area contributed by atoms with Crippen LogP contribution in [-0.2, 0) is 0 Å². The molecule has 2 rings (SSSR count). The normalized spacial score (nSPS) is 12.2. The van der Waals surface area contributed by atoms with Gasteiger partial charge in [-0.15, -0.1) is 0 Å². The molecule has 1 unspecified atom stereocenters. The van der Waals surface area contributed by atoms with E-state index in [1.165, 1.54) is 5.56 Å². The van der Waals surface area contributed by atoms with E-state index in [1.807, 2.05) is 19.1 Å². The molecule has 2 nitrogen and oxygen atoms in total. The lowest BCUT2D eigenvalue weighted by Gasteiger charge is -2.20. The fourth-order valence-corrected chi connectivity index (χ4v) is 2.30. The highest BCUT2D eigenvalue weighted by molar-refractivity contribution is 6.31. The van der Waals surface area contributed by atoms with Gasteiger partial charge in [-0.3, -0.25) is 0 Å². The predicted octanol–water partition coefficient (Wildman–Crippen LogP) is 5.00. The molecule has 0 bridgehead atoms. The summed E-state index contributed by atoms with van der Waals surface area (Å²) in [6.45, 7) is 4.21. The fourth-order valence-electron chi connectivity index (χ4n) is 2.14. The van der Waals surface area contributed by atoms with Crippen molar-refractivity contribution in [3.63, 3.8) is 0 Å². The molecule has 1 N–H and O–H groups in total. The standard InChI is InChI=1S/C16H19ClN2/c1-3-7-14(13-8-5-4-6-9-13)19-15-10-12(2)11-18-16(15)17/h4-6,8-11,14,19H,3,7H2,1-2H3. The minimum absolute atomic E-state index is 0.271. The molecule has 0 fully saturated rings. The van der Waals surface area contributed by atoms with Gasteiger partial charge in [-0.2, -0.15) is 0 Å². The van der Waals surface area contributed by atoms with Gasteiger partial charge in [0.15, 0.2) is 5.15 Å². The Kier molecular flexibility index (Phi) is 4.80. The van der Waals surface area contributed by atoms with Crippen LogP contribution < -0.4 is 5.32 Å². The first-order chi connectivity index (χ1) is 9.20. The highest BCUT2D eigenvalue weighted by Gasteiger charge is 2.12. The van der Waals surface area contributed by atoms with Crippen LogP contribution in [0, 0.1) is 6.92 Å². The van der Waals surface area contributed by atoms with Gasteiger partial charge in [-0.1, -0.05) is 55.3 Å². The van der Waals surface area contributed by atoms with E-state index < -0.39 is 0 Å². The van der Waals surface area contributed by atoms with Gasteiger partial charge in [0.2, 0.25) is 0 Å². The zero-order valence-electron chi connectivity index (χ0n) is 11.4. The van der Waals surface area contributed by atoms with E-state index in [2.05, 4.69) is 41.5 Å². The van der Waals surface area contributed by atoms with Crippen LogP contribution in [0.25, 0.3) is 0 Å². The molecule has 1 atom stereocenters. The van der Waals surface area contributed by atoms with Gasteiger partial charge >= 0.3 is 0 Å². The highest BCUT2D eigenvalue weighted by Crippen LogP contribution is 2.28. The second-order valence-electron chi connectivity index (χ2n) is 4.75. The Morgan fingerprint density at radius 2 is 2.00 bits per heavy atom. The van der Waals surface area contributed by atoms with E-state index in [0.717, 1.165) is 24.1 Å². The van der Waals surface area contributed by atoms with Crippen molar-refractivity contribution >= 4 is 17.3 Å². The number of nitrogens with one attached hydrogen (secondary N) is 1. The molecule has 100 valence electrons. The minimum atomic E-state index is 0.271. The van der Waals surface area contributed by atoms with Crippen LogP contribution in [0.5, 0.6) is 0 Å².